The van der Waals surface area contributed by atoms with E-state index in [1.165, 1.54) is 25.9 Å². The van der Waals surface area contributed by atoms with E-state index in [2.05, 4.69) is 16.0 Å². The first-order chi connectivity index (χ1) is 27.5. The van der Waals surface area contributed by atoms with Crippen molar-refractivity contribution < 1.29 is 43.4 Å². The predicted octanol–water partition coefficient (Wildman–Crippen LogP) is 3.83. The van der Waals surface area contributed by atoms with E-state index in [4.69, 9.17) is 10.5 Å². The number of nitrogens with two attached hydrogens (primary N) is 1. The third-order valence-corrected chi connectivity index (χ3v) is 10.8. The minimum Gasteiger partial charge on any atom is -0.480 e. The van der Waals surface area contributed by atoms with Gasteiger partial charge in [0.25, 0.3) is 0 Å². The number of aliphatic carboxylic acids is 1. The van der Waals surface area contributed by atoms with E-state index in [0.29, 0.717) is 31.3 Å². The van der Waals surface area contributed by atoms with Gasteiger partial charge in [0.05, 0.1) is 6.54 Å². The molecule has 5 amide bonds. The van der Waals surface area contributed by atoms with Crippen LogP contribution in [-0.4, -0.2) is 113 Å². The van der Waals surface area contributed by atoms with E-state index < -0.39 is 78.2 Å². The molecule has 1 rings (SSSR count). The smallest absolute Gasteiger partial charge is 0.326 e. The summed E-state index contributed by atoms with van der Waals surface area (Å²) in [5.41, 5.74) is 6.89. The van der Waals surface area contributed by atoms with Gasteiger partial charge in [-0.25, -0.2) is 4.79 Å². The number of likely N-dealkylation sites (N-methyl/N-ethyl adjacent to an activating group) is 2. The van der Waals surface area contributed by atoms with Crippen LogP contribution in [0.15, 0.2) is 42.0 Å². The Hall–Kier alpha value is -4.79. The summed E-state index contributed by atoms with van der Waals surface area (Å²) in [4.78, 5) is 94.2. The van der Waals surface area contributed by atoms with Crippen LogP contribution in [0.1, 0.15) is 107 Å². The molecule has 0 bridgehead atoms. The van der Waals surface area contributed by atoms with E-state index in [1.54, 1.807) is 51.1 Å². The molecule has 15 heteroatoms. The molecule has 1 aromatic rings. The SMILES string of the molecule is CCC(C)C(NC(=O)CN(C)C(=O)[C@@H](Cc1ccccc1)N(C)C(=O)[C@@H](C)NC(=O)[C@@H](CC(C)C)NC(=O)/C(C)=C/CC[C@H](C)[C@H](OC(=O)C(C)N)C(C)CC)C(=O)O. The number of carbonyl (C=O) groups is 7. The van der Waals surface area contributed by atoms with Crippen molar-refractivity contribution in [2.75, 3.05) is 20.6 Å². The summed E-state index contributed by atoms with van der Waals surface area (Å²) in [5.74, 6) is -4.63. The largest absolute Gasteiger partial charge is 0.480 e. The summed E-state index contributed by atoms with van der Waals surface area (Å²) in [7, 11) is 2.85. The molecule has 0 saturated heterocycles. The van der Waals surface area contributed by atoms with Gasteiger partial charge in [0.2, 0.25) is 29.5 Å². The second-order valence-corrected chi connectivity index (χ2v) is 16.5. The molecule has 0 fully saturated rings. The molecule has 332 valence electrons. The van der Waals surface area contributed by atoms with Gasteiger partial charge in [-0.05, 0) is 69.3 Å². The van der Waals surface area contributed by atoms with Crippen LogP contribution in [0, 0.1) is 23.7 Å². The molecule has 0 heterocycles. The number of allylic oxidation sites excluding steroid dienone is 1. The summed E-state index contributed by atoms with van der Waals surface area (Å²) in [5, 5.41) is 17.7. The number of rotatable bonds is 25. The second kappa shape index (κ2) is 25.6. The van der Waals surface area contributed by atoms with Gasteiger partial charge in [0, 0.05) is 26.1 Å². The third-order valence-electron chi connectivity index (χ3n) is 10.8. The molecule has 6 N–H and O–H groups in total. The number of nitrogens with one attached hydrogen (secondary N) is 3. The van der Waals surface area contributed by atoms with Gasteiger partial charge in [0.1, 0.15) is 36.3 Å². The molecule has 0 aliphatic carbocycles. The first-order valence-corrected chi connectivity index (χ1v) is 20.9. The van der Waals surface area contributed by atoms with Gasteiger partial charge in [-0.15, -0.1) is 0 Å². The van der Waals surface area contributed by atoms with E-state index in [-0.39, 0.29) is 36.2 Å². The topological polar surface area (TPSA) is 218 Å². The van der Waals surface area contributed by atoms with Crippen molar-refractivity contribution in [3.63, 3.8) is 0 Å². The molecule has 59 heavy (non-hydrogen) atoms. The summed E-state index contributed by atoms with van der Waals surface area (Å²) >= 11 is 0. The number of ether oxygens (including phenoxy) is 1. The Labute approximate surface area is 351 Å². The third kappa shape index (κ3) is 17.5. The van der Waals surface area contributed by atoms with Gasteiger partial charge >= 0.3 is 11.9 Å². The molecule has 0 radical (unpaired) electrons. The molecule has 4 unspecified atom stereocenters. The predicted molar refractivity (Wildman–Crippen MR) is 227 cm³/mol. The standard InChI is InChI=1S/C44H72N6O9/c1-13-27(5)37(43(56)57)48-36(51)25-49(11)42(55)35(24-33-21-16-15-17-22-33)50(12)41(54)32(10)46-40(53)34(23-26(3)4)47-39(52)30(8)20-18-19-29(7)38(28(6)14-2)59-44(58)31(9)45/h15-17,20-22,26-29,31-32,34-35,37-38H,13-14,18-19,23-25,45H2,1-12H3,(H,46,53)(H,47,52)(H,48,51)(H,56,57)/b30-20+/t27?,28?,29-,31?,32+,34+,35+,37?,38+/m0/s1. The number of esters is 1. The van der Waals surface area contributed by atoms with E-state index >= 15 is 0 Å². The maximum atomic E-state index is 13.9. The minimum atomic E-state index is -1.18. The average molecular weight is 829 g/mol. The summed E-state index contributed by atoms with van der Waals surface area (Å²) < 4.78 is 5.73. The van der Waals surface area contributed by atoms with Crippen LogP contribution in [-0.2, 0) is 44.7 Å². The molecule has 1 aromatic carbocycles. The first-order valence-electron chi connectivity index (χ1n) is 20.9. The molecule has 0 saturated carbocycles. The quantitative estimate of drug-likeness (QED) is 0.0709. The fraction of sp³-hybridized carbons (Fsp3) is 0.659. The van der Waals surface area contributed by atoms with Crippen molar-refractivity contribution in [3.8, 4) is 0 Å². The van der Waals surface area contributed by atoms with Crippen molar-refractivity contribution in [1.82, 2.24) is 25.8 Å². The van der Waals surface area contributed by atoms with Crippen LogP contribution in [0.5, 0.6) is 0 Å². The molecule has 0 aromatic heterocycles. The molecular weight excluding hydrogens is 757 g/mol. The number of benzene rings is 1. The van der Waals surface area contributed by atoms with E-state index in [1.807, 2.05) is 47.6 Å². The van der Waals surface area contributed by atoms with Gasteiger partial charge in [0.15, 0.2) is 0 Å². The summed E-state index contributed by atoms with van der Waals surface area (Å²) in [6, 6.07) is 4.03. The molecule has 0 aliphatic heterocycles. The molecule has 0 spiro atoms. The Balaban J connectivity index is 3.13. The van der Waals surface area contributed by atoms with Crippen LogP contribution < -0.4 is 21.7 Å². The fourth-order valence-corrected chi connectivity index (χ4v) is 6.57. The Morgan fingerprint density at radius 1 is 0.831 bits per heavy atom. The average Bonchev–Trinajstić information content (AvgIpc) is 3.18. The van der Waals surface area contributed by atoms with E-state index in [9.17, 15) is 38.7 Å². The fourth-order valence-electron chi connectivity index (χ4n) is 6.57. The monoisotopic (exact) mass is 829 g/mol. The number of hydrogen-bond acceptors (Lipinski definition) is 9. The lowest BCUT2D eigenvalue weighted by Gasteiger charge is -2.33. The Morgan fingerprint density at radius 3 is 1.95 bits per heavy atom. The van der Waals surface area contributed by atoms with Crippen molar-refractivity contribution in [2.24, 2.45) is 29.4 Å². The highest BCUT2D eigenvalue weighted by molar-refractivity contribution is 5.98. The van der Waals surface area contributed by atoms with Crippen molar-refractivity contribution in [2.45, 2.75) is 144 Å². The maximum absolute atomic E-state index is 13.9. The maximum Gasteiger partial charge on any atom is 0.326 e. The Kier molecular flexibility index (Phi) is 22.7. The van der Waals surface area contributed by atoms with Crippen LogP contribution in [0.4, 0.5) is 0 Å². The Morgan fingerprint density at radius 2 is 1.42 bits per heavy atom. The molecular formula is C44H72N6O9. The van der Waals surface area contributed by atoms with Gasteiger partial charge in [-0.3, -0.25) is 28.8 Å². The van der Waals surface area contributed by atoms with Crippen molar-refractivity contribution >= 4 is 41.5 Å². The lowest BCUT2D eigenvalue weighted by Crippen LogP contribution is -2.57. The lowest BCUT2D eigenvalue weighted by atomic mass is 9.88. The van der Waals surface area contributed by atoms with Crippen LogP contribution in [0.25, 0.3) is 0 Å². The molecule has 15 nitrogen and oxygen atoms in total. The van der Waals surface area contributed by atoms with Crippen LogP contribution >= 0.6 is 0 Å². The lowest BCUT2D eigenvalue weighted by molar-refractivity contribution is -0.156. The summed E-state index contributed by atoms with van der Waals surface area (Å²) in [6.07, 6.45) is 4.38. The van der Waals surface area contributed by atoms with Gasteiger partial charge < -0.3 is 41.3 Å². The second-order valence-electron chi connectivity index (χ2n) is 16.5. The minimum absolute atomic E-state index is 0.00455. The van der Waals surface area contributed by atoms with Crippen molar-refractivity contribution in [3.05, 3.63) is 47.5 Å². The number of hydrogen-bond donors (Lipinski definition) is 5. The number of carboxylic acids is 1. The Bertz CT molecular complexity index is 1580. The number of carboxylic acid groups (broad SMARTS) is 1. The normalized spacial score (nSPS) is 16.2. The number of amides is 5. The van der Waals surface area contributed by atoms with Crippen molar-refractivity contribution in [1.29, 1.82) is 0 Å². The first kappa shape index (κ1) is 52.2. The number of carbonyl (C=O) groups excluding carboxylic acids is 6. The van der Waals surface area contributed by atoms with Crippen LogP contribution in [0.2, 0.25) is 0 Å². The van der Waals surface area contributed by atoms with Gasteiger partial charge in [-0.2, -0.15) is 0 Å². The highest BCUT2D eigenvalue weighted by Crippen LogP contribution is 2.24. The highest BCUT2D eigenvalue weighted by Gasteiger charge is 2.35. The zero-order valence-electron chi connectivity index (χ0n) is 37.4. The highest BCUT2D eigenvalue weighted by atomic mass is 16.5. The summed E-state index contributed by atoms with van der Waals surface area (Å²) in [6.45, 7) is 17.7. The zero-order chi connectivity index (χ0) is 45.1. The van der Waals surface area contributed by atoms with Crippen LogP contribution in [0.3, 0.4) is 0 Å². The molecule has 9 atom stereocenters. The molecule has 0 aliphatic rings. The zero-order valence-corrected chi connectivity index (χ0v) is 37.4. The van der Waals surface area contributed by atoms with Gasteiger partial charge in [-0.1, -0.05) is 97.7 Å². The van der Waals surface area contributed by atoms with E-state index in [0.717, 1.165) is 16.9 Å². The number of nitrogens with zero attached hydrogens (tertiary/aromatic N) is 2.